The molecule has 174 valence electrons. The third-order valence-electron chi connectivity index (χ3n) is 6.97. The Kier molecular flexibility index (Phi) is 6.26. The number of carbonyl (C=O) groups is 2. The molecule has 0 bridgehead atoms. The second kappa shape index (κ2) is 8.81. The van der Waals surface area contributed by atoms with Gasteiger partial charge in [0.1, 0.15) is 12.1 Å². The van der Waals surface area contributed by atoms with Crippen LogP contribution in [0.4, 0.5) is 0 Å². The van der Waals surface area contributed by atoms with E-state index in [0.717, 1.165) is 44.2 Å². The van der Waals surface area contributed by atoms with Crippen LogP contribution >= 0.6 is 0 Å². The standard InChI is InChI=1S/C23H34N6O3/c1-23(2,3)20(29-13-18(26-27-29)14-8-9-14)22(32)28-12-16(30)10-19(28)21(31)25-17-7-5-4-6-15(17)11-24/h13-17,19-20,30H,4-10,12H2,1-3H3,(H,25,31)/t15?,16?,17?,19?,20-/m0/s1. The van der Waals surface area contributed by atoms with Crippen LogP contribution in [0.3, 0.4) is 0 Å². The van der Waals surface area contributed by atoms with Crippen molar-refractivity contribution >= 4 is 11.8 Å². The summed E-state index contributed by atoms with van der Waals surface area (Å²) in [5.74, 6) is -0.300. The molecule has 1 aromatic rings. The molecule has 4 rings (SSSR count). The van der Waals surface area contributed by atoms with E-state index < -0.39 is 23.6 Å². The van der Waals surface area contributed by atoms with Gasteiger partial charge in [-0.2, -0.15) is 5.26 Å². The Morgan fingerprint density at radius 1 is 1.25 bits per heavy atom. The number of aromatic nitrogens is 3. The van der Waals surface area contributed by atoms with E-state index in [1.807, 2.05) is 27.0 Å². The van der Waals surface area contributed by atoms with Crippen molar-refractivity contribution in [1.29, 1.82) is 5.26 Å². The van der Waals surface area contributed by atoms with Crippen LogP contribution in [-0.2, 0) is 9.59 Å². The SMILES string of the molecule is CC(C)(C)[C@H](C(=O)N1CC(O)CC1C(=O)NC1CCCCC1C#N)n1cc(C2CC2)nn1. The fourth-order valence-electron chi connectivity index (χ4n) is 5.06. The molecule has 1 saturated heterocycles. The van der Waals surface area contributed by atoms with Crippen LogP contribution in [0.2, 0.25) is 0 Å². The van der Waals surface area contributed by atoms with Gasteiger partial charge in [-0.3, -0.25) is 9.59 Å². The lowest BCUT2D eigenvalue weighted by molar-refractivity contribution is -0.144. The normalized spacial score (nSPS) is 29.4. The molecule has 0 aromatic carbocycles. The van der Waals surface area contributed by atoms with Gasteiger partial charge < -0.3 is 15.3 Å². The third-order valence-corrected chi connectivity index (χ3v) is 6.97. The molecule has 3 aliphatic rings. The molecule has 0 spiro atoms. The third kappa shape index (κ3) is 4.65. The number of amides is 2. The first-order valence-electron chi connectivity index (χ1n) is 11.8. The summed E-state index contributed by atoms with van der Waals surface area (Å²) in [6.45, 7) is 6.01. The summed E-state index contributed by atoms with van der Waals surface area (Å²) in [7, 11) is 0. The zero-order chi connectivity index (χ0) is 23.0. The number of rotatable bonds is 5. The minimum atomic E-state index is -0.758. The number of β-amino-alcohol motifs (C(OH)–C–C–N with tert-alkyl or cyclic N) is 1. The lowest BCUT2D eigenvalue weighted by Crippen LogP contribution is -2.53. The molecule has 1 aromatic heterocycles. The molecule has 0 radical (unpaired) electrons. The fourth-order valence-corrected chi connectivity index (χ4v) is 5.06. The van der Waals surface area contributed by atoms with Crippen LogP contribution < -0.4 is 5.32 Å². The highest BCUT2D eigenvalue weighted by molar-refractivity contribution is 5.90. The first kappa shape index (κ1) is 22.7. The molecule has 2 aliphatic carbocycles. The summed E-state index contributed by atoms with van der Waals surface area (Å²) in [5.41, 5.74) is 0.442. The first-order chi connectivity index (χ1) is 15.2. The van der Waals surface area contributed by atoms with Gasteiger partial charge >= 0.3 is 0 Å². The molecule has 9 heteroatoms. The van der Waals surface area contributed by atoms with Crippen LogP contribution in [0.25, 0.3) is 0 Å². The number of likely N-dealkylation sites (tertiary alicyclic amines) is 1. The van der Waals surface area contributed by atoms with Crippen LogP contribution in [0.15, 0.2) is 6.20 Å². The lowest BCUT2D eigenvalue weighted by Gasteiger charge is -2.35. The highest BCUT2D eigenvalue weighted by Crippen LogP contribution is 2.40. The summed E-state index contributed by atoms with van der Waals surface area (Å²) >= 11 is 0. The minimum absolute atomic E-state index is 0.111. The van der Waals surface area contributed by atoms with Gasteiger partial charge in [-0.05, 0) is 31.1 Å². The molecule has 5 atom stereocenters. The fraction of sp³-hybridized carbons (Fsp3) is 0.783. The second-order valence-corrected chi connectivity index (χ2v) is 10.7. The van der Waals surface area contributed by atoms with E-state index in [1.165, 1.54) is 4.90 Å². The molecule has 32 heavy (non-hydrogen) atoms. The van der Waals surface area contributed by atoms with Gasteiger partial charge in [0, 0.05) is 31.1 Å². The van der Waals surface area contributed by atoms with Crippen molar-refractivity contribution in [2.45, 2.75) is 95.9 Å². The largest absolute Gasteiger partial charge is 0.391 e. The number of nitrogens with one attached hydrogen (secondary N) is 1. The number of hydrogen-bond donors (Lipinski definition) is 2. The molecule has 9 nitrogen and oxygen atoms in total. The van der Waals surface area contributed by atoms with Crippen molar-refractivity contribution in [3.63, 3.8) is 0 Å². The summed E-state index contributed by atoms with van der Waals surface area (Å²) in [6.07, 6.45) is 6.99. The van der Waals surface area contributed by atoms with E-state index in [0.29, 0.717) is 5.92 Å². The maximum absolute atomic E-state index is 13.8. The van der Waals surface area contributed by atoms with Crippen LogP contribution in [-0.4, -0.2) is 61.5 Å². The number of aliphatic hydroxyl groups is 1. The Hall–Kier alpha value is -2.47. The van der Waals surface area contributed by atoms with Crippen molar-refractivity contribution in [2.24, 2.45) is 11.3 Å². The predicted octanol–water partition coefficient (Wildman–Crippen LogP) is 1.90. The van der Waals surface area contributed by atoms with E-state index in [1.54, 1.807) is 4.68 Å². The second-order valence-electron chi connectivity index (χ2n) is 10.7. The minimum Gasteiger partial charge on any atom is -0.391 e. The monoisotopic (exact) mass is 442 g/mol. The van der Waals surface area contributed by atoms with E-state index in [2.05, 4.69) is 21.7 Å². The van der Waals surface area contributed by atoms with Gasteiger partial charge in [0.05, 0.1) is 23.8 Å². The summed E-state index contributed by atoms with van der Waals surface area (Å²) in [5, 5.41) is 31.3. The molecule has 3 fully saturated rings. The quantitative estimate of drug-likeness (QED) is 0.718. The van der Waals surface area contributed by atoms with Crippen molar-refractivity contribution in [1.82, 2.24) is 25.2 Å². The van der Waals surface area contributed by atoms with Crippen molar-refractivity contribution < 1.29 is 14.7 Å². The Bertz CT molecular complexity index is 896. The van der Waals surface area contributed by atoms with Gasteiger partial charge in [-0.1, -0.05) is 38.8 Å². The van der Waals surface area contributed by atoms with Gasteiger partial charge in [0.2, 0.25) is 11.8 Å². The van der Waals surface area contributed by atoms with Gasteiger partial charge in [0.25, 0.3) is 0 Å². The molecule has 2 saturated carbocycles. The summed E-state index contributed by atoms with van der Waals surface area (Å²) < 4.78 is 1.63. The van der Waals surface area contributed by atoms with E-state index in [4.69, 9.17) is 0 Å². The molecular formula is C23H34N6O3. The maximum atomic E-state index is 13.8. The average Bonchev–Trinajstić information content (AvgIpc) is 3.35. The zero-order valence-electron chi connectivity index (χ0n) is 19.2. The number of nitriles is 1. The summed E-state index contributed by atoms with van der Waals surface area (Å²) in [6, 6.07) is 0.713. The molecule has 1 aliphatic heterocycles. The number of hydrogen-bond acceptors (Lipinski definition) is 6. The van der Waals surface area contributed by atoms with Gasteiger partial charge in [0.15, 0.2) is 0 Å². The Balaban J connectivity index is 1.54. The van der Waals surface area contributed by atoms with Gasteiger partial charge in [-0.25, -0.2) is 4.68 Å². The van der Waals surface area contributed by atoms with Crippen molar-refractivity contribution in [2.75, 3.05) is 6.54 Å². The first-order valence-corrected chi connectivity index (χ1v) is 11.8. The Morgan fingerprint density at radius 2 is 1.97 bits per heavy atom. The summed E-state index contributed by atoms with van der Waals surface area (Å²) in [4.78, 5) is 28.4. The number of nitrogens with zero attached hydrogens (tertiary/aromatic N) is 5. The highest BCUT2D eigenvalue weighted by Gasteiger charge is 2.46. The van der Waals surface area contributed by atoms with E-state index in [9.17, 15) is 20.0 Å². The van der Waals surface area contributed by atoms with Crippen LogP contribution in [0, 0.1) is 22.7 Å². The van der Waals surface area contributed by atoms with Crippen LogP contribution in [0.1, 0.15) is 83.4 Å². The molecule has 2 N–H and O–H groups in total. The molecule has 2 amide bonds. The van der Waals surface area contributed by atoms with E-state index >= 15 is 0 Å². The van der Waals surface area contributed by atoms with Gasteiger partial charge in [-0.15, -0.1) is 5.10 Å². The smallest absolute Gasteiger partial charge is 0.248 e. The van der Waals surface area contributed by atoms with E-state index in [-0.39, 0.29) is 36.7 Å². The maximum Gasteiger partial charge on any atom is 0.248 e. The predicted molar refractivity (Wildman–Crippen MR) is 116 cm³/mol. The average molecular weight is 443 g/mol. The lowest BCUT2D eigenvalue weighted by atomic mass is 9.85. The molecule has 2 heterocycles. The number of aliphatic hydroxyl groups excluding tert-OH is 1. The van der Waals surface area contributed by atoms with Crippen LogP contribution in [0.5, 0.6) is 0 Å². The topological polar surface area (TPSA) is 124 Å². The number of carbonyl (C=O) groups excluding carboxylic acids is 2. The highest BCUT2D eigenvalue weighted by atomic mass is 16.3. The molecule has 4 unspecified atom stereocenters. The molecular weight excluding hydrogens is 408 g/mol. The van der Waals surface area contributed by atoms with Crippen molar-refractivity contribution in [3.8, 4) is 6.07 Å². The Morgan fingerprint density at radius 3 is 2.62 bits per heavy atom. The Labute approximate surface area is 189 Å². The van der Waals surface area contributed by atoms with Crippen molar-refractivity contribution in [3.05, 3.63) is 11.9 Å². The zero-order valence-corrected chi connectivity index (χ0v) is 19.2.